The first-order chi connectivity index (χ1) is 13.0. The Balaban J connectivity index is 1.68. The van der Waals surface area contributed by atoms with E-state index in [1.807, 2.05) is 32.2 Å². The molecule has 0 aliphatic rings. The molecule has 0 radical (unpaired) electrons. The Hall–Kier alpha value is -3.14. The monoisotopic (exact) mass is 384 g/mol. The summed E-state index contributed by atoms with van der Waals surface area (Å²) in [6.45, 7) is 5.80. The second-order valence-electron chi connectivity index (χ2n) is 6.18. The lowest BCUT2D eigenvalue weighted by Gasteiger charge is -2.14. The summed E-state index contributed by atoms with van der Waals surface area (Å²) in [5.74, 6) is 1.76. The van der Waals surface area contributed by atoms with Gasteiger partial charge in [0.15, 0.2) is 17.5 Å². The summed E-state index contributed by atoms with van der Waals surface area (Å²) in [6.07, 6.45) is 2.28. The Morgan fingerprint density at radius 1 is 1.19 bits per heavy atom. The molecule has 10 heteroatoms. The van der Waals surface area contributed by atoms with Crippen molar-refractivity contribution in [3.8, 4) is 0 Å². The number of aromatic amines is 1. The molecular weight excluding hydrogens is 367 g/mol. The molecule has 8 nitrogen and oxygen atoms in total. The molecule has 3 N–H and O–H groups in total. The molecule has 138 valence electrons. The van der Waals surface area contributed by atoms with E-state index in [4.69, 9.17) is 0 Å². The van der Waals surface area contributed by atoms with E-state index in [-0.39, 0.29) is 6.04 Å². The van der Waals surface area contributed by atoms with Crippen molar-refractivity contribution in [2.45, 2.75) is 26.8 Å². The van der Waals surface area contributed by atoms with Gasteiger partial charge in [0.05, 0.1) is 28.7 Å². The maximum absolute atomic E-state index is 13.0. The van der Waals surface area contributed by atoms with Gasteiger partial charge in [-0.2, -0.15) is 10.1 Å². The third-order valence-electron chi connectivity index (χ3n) is 3.92. The molecule has 0 saturated carbocycles. The Morgan fingerprint density at radius 2 is 1.96 bits per heavy atom. The molecule has 0 amide bonds. The summed E-state index contributed by atoms with van der Waals surface area (Å²) in [5, 5.41) is 15.6. The molecule has 0 unspecified atom stereocenters. The van der Waals surface area contributed by atoms with Gasteiger partial charge < -0.3 is 10.6 Å². The highest BCUT2D eigenvalue weighted by Gasteiger charge is 2.16. The average molecular weight is 384 g/mol. The normalized spacial score (nSPS) is 12.3. The number of anilines is 3. The van der Waals surface area contributed by atoms with Crippen LogP contribution in [0.5, 0.6) is 0 Å². The van der Waals surface area contributed by atoms with Gasteiger partial charge in [0.1, 0.15) is 5.82 Å². The Bertz CT molecular complexity index is 1090. The standard InChI is InChI=1S/C17H17FN8S/c1-8-7-27-14-13(8)23-17(21-10(3)15-19-5-11(18)6-20-15)24-16(14)22-12-4-9(2)25-26-12/h4-7,10H,1-3H3,(H3,21,22,23,24,25,26)/t10-/m0/s1. The van der Waals surface area contributed by atoms with Crippen molar-refractivity contribution in [1.82, 2.24) is 30.1 Å². The molecule has 0 spiro atoms. The molecule has 0 saturated heterocycles. The molecule has 27 heavy (non-hydrogen) atoms. The Morgan fingerprint density at radius 3 is 2.67 bits per heavy atom. The molecule has 0 fully saturated rings. The minimum Gasteiger partial charge on any atom is -0.344 e. The Labute approximate surface area is 158 Å². The molecule has 4 aromatic rings. The maximum atomic E-state index is 13.0. The fourth-order valence-electron chi connectivity index (χ4n) is 2.59. The van der Waals surface area contributed by atoms with E-state index in [1.54, 1.807) is 11.3 Å². The third kappa shape index (κ3) is 3.56. The lowest BCUT2D eigenvalue weighted by atomic mass is 10.3. The van der Waals surface area contributed by atoms with Crippen molar-refractivity contribution in [3.05, 3.63) is 46.7 Å². The average Bonchev–Trinajstić information content (AvgIpc) is 3.22. The van der Waals surface area contributed by atoms with Crippen LogP contribution in [-0.2, 0) is 0 Å². The first kappa shape index (κ1) is 17.3. The van der Waals surface area contributed by atoms with Gasteiger partial charge in [-0.1, -0.05) is 0 Å². The SMILES string of the molecule is Cc1cc(Nc2nc(N[C@@H](C)c3ncc(F)cn3)nc3c(C)csc23)n[nH]1. The number of hydrogen-bond acceptors (Lipinski definition) is 8. The minimum absolute atomic E-state index is 0.289. The number of H-pyrrole nitrogens is 1. The quantitative estimate of drug-likeness (QED) is 0.480. The van der Waals surface area contributed by atoms with Crippen molar-refractivity contribution >= 4 is 39.1 Å². The molecule has 0 bridgehead atoms. The molecule has 0 aliphatic heterocycles. The lowest BCUT2D eigenvalue weighted by Crippen LogP contribution is -2.13. The molecule has 0 aromatic carbocycles. The van der Waals surface area contributed by atoms with Crippen LogP contribution in [0.3, 0.4) is 0 Å². The van der Waals surface area contributed by atoms with Crippen molar-refractivity contribution < 1.29 is 4.39 Å². The van der Waals surface area contributed by atoms with Gasteiger partial charge in [0.2, 0.25) is 5.95 Å². The fourth-order valence-corrected chi connectivity index (χ4v) is 3.52. The minimum atomic E-state index is -0.474. The number of thiophene rings is 1. The summed E-state index contributed by atoms with van der Waals surface area (Å²) in [6, 6.07) is 1.61. The van der Waals surface area contributed by atoms with Crippen molar-refractivity contribution in [1.29, 1.82) is 0 Å². The van der Waals surface area contributed by atoms with Gasteiger partial charge in [0, 0.05) is 11.8 Å². The number of nitrogens with one attached hydrogen (secondary N) is 3. The summed E-state index contributed by atoms with van der Waals surface area (Å²) < 4.78 is 14.0. The summed E-state index contributed by atoms with van der Waals surface area (Å²) in [5.41, 5.74) is 2.87. The van der Waals surface area contributed by atoms with Crippen molar-refractivity contribution in [2.75, 3.05) is 10.6 Å². The molecule has 4 rings (SSSR count). The second-order valence-corrected chi connectivity index (χ2v) is 7.06. The van der Waals surface area contributed by atoms with Crippen LogP contribution < -0.4 is 10.6 Å². The highest BCUT2D eigenvalue weighted by Crippen LogP contribution is 2.32. The third-order valence-corrected chi connectivity index (χ3v) is 5.01. The number of rotatable bonds is 5. The van der Waals surface area contributed by atoms with E-state index in [9.17, 15) is 4.39 Å². The number of nitrogens with zero attached hydrogens (tertiary/aromatic N) is 5. The number of halogens is 1. The van der Waals surface area contributed by atoms with E-state index in [2.05, 4.69) is 40.8 Å². The molecule has 1 atom stereocenters. The molecule has 0 aliphatic carbocycles. The van der Waals surface area contributed by atoms with Gasteiger partial charge in [-0.3, -0.25) is 5.10 Å². The predicted octanol–water partition coefficient (Wildman–Crippen LogP) is 3.88. The largest absolute Gasteiger partial charge is 0.344 e. The van der Waals surface area contributed by atoms with E-state index in [0.29, 0.717) is 23.4 Å². The van der Waals surface area contributed by atoms with Gasteiger partial charge in [-0.15, -0.1) is 11.3 Å². The Kier molecular flexibility index (Phi) is 4.40. The van der Waals surface area contributed by atoms with Gasteiger partial charge >= 0.3 is 0 Å². The molecule has 4 heterocycles. The van der Waals surface area contributed by atoms with Crippen molar-refractivity contribution in [2.24, 2.45) is 0 Å². The number of aromatic nitrogens is 6. The molecule has 4 aromatic heterocycles. The highest BCUT2D eigenvalue weighted by molar-refractivity contribution is 7.18. The van der Waals surface area contributed by atoms with E-state index >= 15 is 0 Å². The fraction of sp³-hybridized carbons (Fsp3) is 0.235. The summed E-state index contributed by atoms with van der Waals surface area (Å²) >= 11 is 1.57. The van der Waals surface area contributed by atoms with Crippen LogP contribution in [0.25, 0.3) is 10.2 Å². The lowest BCUT2D eigenvalue weighted by molar-refractivity contribution is 0.604. The number of aryl methyl sites for hydroxylation is 2. The summed E-state index contributed by atoms with van der Waals surface area (Å²) in [4.78, 5) is 17.2. The van der Waals surface area contributed by atoms with Crippen LogP contribution >= 0.6 is 11.3 Å². The van der Waals surface area contributed by atoms with Crippen LogP contribution in [0.2, 0.25) is 0 Å². The van der Waals surface area contributed by atoms with Crippen LogP contribution in [-0.4, -0.2) is 30.1 Å². The second kappa shape index (κ2) is 6.88. The van der Waals surface area contributed by atoms with Gasteiger partial charge in [0.25, 0.3) is 0 Å². The van der Waals surface area contributed by atoms with Crippen LogP contribution in [0.1, 0.15) is 30.0 Å². The maximum Gasteiger partial charge on any atom is 0.225 e. The van der Waals surface area contributed by atoms with E-state index in [1.165, 1.54) is 0 Å². The van der Waals surface area contributed by atoms with Crippen LogP contribution in [0.15, 0.2) is 23.8 Å². The number of hydrogen-bond donors (Lipinski definition) is 3. The zero-order valence-corrected chi connectivity index (χ0v) is 15.7. The van der Waals surface area contributed by atoms with E-state index in [0.717, 1.165) is 33.9 Å². The van der Waals surface area contributed by atoms with Crippen LogP contribution in [0, 0.1) is 19.7 Å². The smallest absolute Gasteiger partial charge is 0.225 e. The first-order valence-electron chi connectivity index (χ1n) is 8.28. The van der Waals surface area contributed by atoms with E-state index < -0.39 is 5.82 Å². The first-order valence-corrected chi connectivity index (χ1v) is 9.16. The zero-order valence-electron chi connectivity index (χ0n) is 14.9. The zero-order chi connectivity index (χ0) is 19.0. The molecular formula is C17H17FN8S. The van der Waals surface area contributed by atoms with Crippen molar-refractivity contribution in [3.63, 3.8) is 0 Å². The predicted molar refractivity (Wildman–Crippen MR) is 103 cm³/mol. The topological polar surface area (TPSA) is 104 Å². The highest BCUT2D eigenvalue weighted by atomic mass is 32.1. The van der Waals surface area contributed by atoms with Gasteiger partial charge in [-0.05, 0) is 31.7 Å². The van der Waals surface area contributed by atoms with Crippen LogP contribution in [0.4, 0.5) is 22.0 Å². The summed E-state index contributed by atoms with van der Waals surface area (Å²) in [7, 11) is 0. The number of fused-ring (bicyclic) bond motifs is 1. The van der Waals surface area contributed by atoms with Gasteiger partial charge in [-0.25, -0.2) is 19.3 Å².